The molecule has 0 saturated carbocycles. The molecule has 0 N–H and O–H groups in total. The van der Waals surface area contributed by atoms with Crippen molar-refractivity contribution in [1.82, 2.24) is 4.31 Å². The summed E-state index contributed by atoms with van der Waals surface area (Å²) in [6, 6.07) is 0. The molecule has 0 atom stereocenters. The van der Waals surface area contributed by atoms with Crippen molar-refractivity contribution in [2.24, 2.45) is 0 Å². The molecule has 0 bridgehead atoms. The van der Waals surface area contributed by atoms with Gasteiger partial charge in [0.2, 0.25) is 10.0 Å². The molecule has 0 aliphatic carbocycles. The van der Waals surface area contributed by atoms with Crippen molar-refractivity contribution in [3.63, 3.8) is 0 Å². The van der Waals surface area contributed by atoms with Gasteiger partial charge in [0.25, 0.3) is 0 Å². The summed E-state index contributed by atoms with van der Waals surface area (Å²) in [5.74, 6) is 0. The molecular weight excluding hydrogens is 162 g/mol. The summed E-state index contributed by atoms with van der Waals surface area (Å²) in [5.41, 5.74) is 0. The summed E-state index contributed by atoms with van der Waals surface area (Å²) < 4.78 is 23.8. The van der Waals surface area contributed by atoms with E-state index < -0.39 is 10.0 Å². The zero-order valence-corrected chi connectivity index (χ0v) is 8.27. The van der Waals surface area contributed by atoms with Gasteiger partial charge in [0.1, 0.15) is 0 Å². The monoisotopic (exact) mass is 177 g/mol. The Bertz CT molecular complexity index is 239. The maximum Gasteiger partial charge on any atom is 0.238 e. The van der Waals surface area contributed by atoms with Crippen LogP contribution in [0.25, 0.3) is 0 Å². The van der Waals surface area contributed by atoms with E-state index >= 15 is 0 Å². The van der Waals surface area contributed by atoms with Crippen molar-refractivity contribution in [3.05, 3.63) is 11.0 Å². The number of hydrogen-bond acceptors (Lipinski definition) is 2. The first kappa shape index (κ1) is 10.7. The van der Waals surface area contributed by atoms with E-state index in [-0.39, 0.29) is 0 Å². The van der Waals surface area contributed by atoms with E-state index in [9.17, 15) is 8.42 Å². The van der Waals surface area contributed by atoms with Crippen LogP contribution in [-0.4, -0.2) is 26.8 Å². The van der Waals surface area contributed by atoms with Gasteiger partial charge in [-0.05, 0) is 13.3 Å². The molecule has 0 saturated heterocycles. The fourth-order valence-corrected chi connectivity index (χ4v) is 1.63. The summed E-state index contributed by atoms with van der Waals surface area (Å²) in [6.07, 6.45) is 2.45. The van der Waals surface area contributed by atoms with Crippen LogP contribution in [0.1, 0.15) is 20.3 Å². The molecule has 3 nitrogen and oxygen atoms in total. The molecule has 11 heavy (non-hydrogen) atoms. The van der Waals surface area contributed by atoms with Crippen LogP contribution in [-0.2, 0) is 10.0 Å². The van der Waals surface area contributed by atoms with Gasteiger partial charge in [-0.15, -0.1) is 0 Å². The Hall–Kier alpha value is -0.350. The molecule has 0 aromatic rings. The first-order valence-corrected chi connectivity index (χ1v) is 4.96. The van der Waals surface area contributed by atoms with Crippen molar-refractivity contribution in [2.45, 2.75) is 20.3 Å². The zero-order chi connectivity index (χ0) is 9.07. The van der Waals surface area contributed by atoms with Crippen molar-refractivity contribution >= 4 is 10.0 Å². The van der Waals surface area contributed by atoms with E-state index in [1.807, 2.05) is 6.92 Å². The lowest BCUT2D eigenvalue weighted by Gasteiger charge is -2.10. The van der Waals surface area contributed by atoms with E-state index in [4.69, 9.17) is 0 Å². The average Bonchev–Trinajstić information content (AvgIpc) is 1.88. The lowest BCUT2D eigenvalue weighted by Crippen LogP contribution is -2.22. The SMILES string of the molecule is CCC=C(C)S(=O)(=O)N(C)C. The highest BCUT2D eigenvalue weighted by Crippen LogP contribution is 2.08. The van der Waals surface area contributed by atoms with Gasteiger partial charge < -0.3 is 0 Å². The van der Waals surface area contributed by atoms with Gasteiger partial charge in [0.05, 0.1) is 4.91 Å². The standard InChI is InChI=1S/C7H15NO2S/c1-5-6-7(2)11(9,10)8(3)4/h6H,5H2,1-4H3. The molecule has 0 aromatic heterocycles. The van der Waals surface area contributed by atoms with Gasteiger partial charge in [-0.2, -0.15) is 0 Å². The molecule has 0 aromatic carbocycles. The third-order valence-electron chi connectivity index (χ3n) is 1.38. The Balaban J connectivity index is 4.72. The highest BCUT2D eigenvalue weighted by molar-refractivity contribution is 7.92. The van der Waals surface area contributed by atoms with Gasteiger partial charge in [0, 0.05) is 14.1 Å². The van der Waals surface area contributed by atoms with Gasteiger partial charge in [0.15, 0.2) is 0 Å². The molecule has 0 heterocycles. The smallest absolute Gasteiger partial charge is 0.207 e. The predicted octanol–water partition coefficient (Wildman–Crippen LogP) is 1.19. The third kappa shape index (κ3) is 2.63. The minimum absolute atomic E-state index is 0.421. The molecule has 0 spiro atoms. The molecular formula is C7H15NO2S. The largest absolute Gasteiger partial charge is 0.238 e. The summed E-state index contributed by atoms with van der Waals surface area (Å²) in [7, 11) is -0.0844. The summed E-state index contributed by atoms with van der Waals surface area (Å²) in [6.45, 7) is 3.52. The molecule has 66 valence electrons. The minimum atomic E-state index is -3.14. The molecule has 0 fully saturated rings. The zero-order valence-electron chi connectivity index (χ0n) is 7.46. The van der Waals surface area contributed by atoms with Crippen LogP contribution in [0.15, 0.2) is 11.0 Å². The quantitative estimate of drug-likeness (QED) is 0.649. The number of rotatable bonds is 3. The van der Waals surface area contributed by atoms with Crippen LogP contribution in [0, 0.1) is 0 Å². The molecule has 0 amide bonds. The second-order valence-corrected chi connectivity index (χ2v) is 4.83. The first-order valence-electron chi connectivity index (χ1n) is 3.52. The van der Waals surface area contributed by atoms with Crippen molar-refractivity contribution < 1.29 is 8.42 Å². The van der Waals surface area contributed by atoms with E-state index in [1.165, 1.54) is 18.4 Å². The van der Waals surface area contributed by atoms with Crippen LogP contribution in [0.5, 0.6) is 0 Å². The van der Waals surface area contributed by atoms with E-state index in [1.54, 1.807) is 13.0 Å². The lowest BCUT2D eigenvalue weighted by atomic mass is 10.4. The average molecular weight is 177 g/mol. The summed E-state index contributed by atoms with van der Waals surface area (Å²) in [4.78, 5) is 0.421. The second-order valence-electron chi connectivity index (χ2n) is 2.51. The number of allylic oxidation sites excluding steroid dienone is 2. The van der Waals surface area contributed by atoms with Gasteiger partial charge in [-0.3, -0.25) is 0 Å². The Morgan fingerprint density at radius 1 is 1.45 bits per heavy atom. The topological polar surface area (TPSA) is 37.4 Å². The van der Waals surface area contributed by atoms with Crippen molar-refractivity contribution in [3.8, 4) is 0 Å². The van der Waals surface area contributed by atoms with Gasteiger partial charge in [-0.25, -0.2) is 12.7 Å². The summed E-state index contributed by atoms with van der Waals surface area (Å²) >= 11 is 0. The van der Waals surface area contributed by atoms with E-state index in [0.717, 1.165) is 6.42 Å². The molecule has 4 heteroatoms. The van der Waals surface area contributed by atoms with Crippen LogP contribution < -0.4 is 0 Å². The van der Waals surface area contributed by atoms with E-state index in [2.05, 4.69) is 0 Å². The maximum atomic E-state index is 11.3. The Morgan fingerprint density at radius 3 is 2.18 bits per heavy atom. The van der Waals surface area contributed by atoms with Crippen molar-refractivity contribution in [2.75, 3.05) is 14.1 Å². The molecule has 0 aliphatic rings. The molecule has 0 radical (unpaired) electrons. The third-order valence-corrected chi connectivity index (χ3v) is 3.32. The first-order chi connectivity index (χ1) is 4.92. The molecule has 0 rings (SSSR count). The second kappa shape index (κ2) is 3.88. The van der Waals surface area contributed by atoms with Crippen molar-refractivity contribution in [1.29, 1.82) is 0 Å². The van der Waals surface area contributed by atoms with Crippen LogP contribution in [0.2, 0.25) is 0 Å². The summed E-state index contributed by atoms with van der Waals surface area (Å²) in [5, 5.41) is 0. The number of sulfonamides is 1. The molecule has 0 aliphatic heterocycles. The predicted molar refractivity (Wildman–Crippen MR) is 46.7 cm³/mol. The Morgan fingerprint density at radius 2 is 1.91 bits per heavy atom. The van der Waals surface area contributed by atoms with Crippen LogP contribution in [0.4, 0.5) is 0 Å². The highest BCUT2D eigenvalue weighted by atomic mass is 32.2. The number of nitrogens with zero attached hydrogens (tertiary/aromatic N) is 1. The lowest BCUT2D eigenvalue weighted by molar-refractivity contribution is 0.527. The minimum Gasteiger partial charge on any atom is -0.207 e. The number of hydrogen-bond donors (Lipinski definition) is 0. The van der Waals surface area contributed by atoms with Gasteiger partial charge >= 0.3 is 0 Å². The van der Waals surface area contributed by atoms with Crippen LogP contribution in [0.3, 0.4) is 0 Å². The highest BCUT2D eigenvalue weighted by Gasteiger charge is 2.14. The normalized spacial score (nSPS) is 14.1. The maximum absolute atomic E-state index is 11.3. The van der Waals surface area contributed by atoms with E-state index in [0.29, 0.717) is 4.91 Å². The Kier molecular flexibility index (Phi) is 3.75. The molecule has 0 unspecified atom stereocenters. The van der Waals surface area contributed by atoms with Gasteiger partial charge in [-0.1, -0.05) is 13.0 Å². The van der Waals surface area contributed by atoms with Crippen LogP contribution >= 0.6 is 0 Å². The fourth-order valence-electron chi connectivity index (χ4n) is 0.681. The fraction of sp³-hybridized carbons (Fsp3) is 0.714. The Labute approximate surface area is 68.8 Å².